The Morgan fingerprint density at radius 3 is 3.36 bits per heavy atom. The summed E-state index contributed by atoms with van der Waals surface area (Å²) in [6, 6.07) is 1.17. The summed E-state index contributed by atoms with van der Waals surface area (Å²) in [6.45, 7) is 5.21. The molecule has 0 bridgehead atoms. The molecule has 76 valence electrons. The Kier molecular flexibility index (Phi) is 2.50. The van der Waals surface area contributed by atoms with Crippen LogP contribution in [-0.4, -0.2) is 31.7 Å². The van der Waals surface area contributed by atoms with Crippen LogP contribution >= 0.6 is 0 Å². The molecule has 0 aromatic carbocycles. The molecular weight excluding hydrogens is 178 g/mol. The molecule has 0 saturated carbocycles. The van der Waals surface area contributed by atoms with Crippen molar-refractivity contribution in [3.8, 4) is 0 Å². The molecule has 14 heavy (non-hydrogen) atoms. The lowest BCUT2D eigenvalue weighted by Gasteiger charge is -2.29. The lowest BCUT2D eigenvalue weighted by molar-refractivity contribution is -0.475. The molecule has 1 heterocycles. The minimum Gasteiger partial charge on any atom is -0.538 e. The molecule has 1 aliphatic heterocycles. The van der Waals surface area contributed by atoms with Crippen LogP contribution in [0.4, 0.5) is 0 Å². The molecule has 2 rings (SSSR count). The predicted molar refractivity (Wildman–Crippen MR) is 53.5 cm³/mol. The van der Waals surface area contributed by atoms with Gasteiger partial charge < -0.3 is 14.0 Å². The molecule has 1 saturated heterocycles. The maximum absolute atomic E-state index is 5.47. The zero-order valence-electron chi connectivity index (χ0n) is 8.32. The van der Waals surface area contributed by atoms with Gasteiger partial charge in [-0.3, -0.25) is 0 Å². The topological polar surface area (TPSA) is 21.5 Å². The third kappa shape index (κ3) is 1.51. The Labute approximate surface area is 84.3 Å². The van der Waals surface area contributed by atoms with E-state index >= 15 is 0 Å². The van der Waals surface area contributed by atoms with Crippen molar-refractivity contribution in [1.82, 2.24) is 0 Å². The van der Waals surface area contributed by atoms with Crippen LogP contribution in [-0.2, 0) is 9.47 Å². The van der Waals surface area contributed by atoms with E-state index in [-0.39, 0.29) is 0 Å². The fraction of sp³-hybridized carbons (Fsp3) is 0.364. The predicted octanol–water partition coefficient (Wildman–Crippen LogP) is 1.28. The quantitative estimate of drug-likeness (QED) is 0.381. The number of methoxy groups -OCH3 is 1. The van der Waals surface area contributed by atoms with Gasteiger partial charge in [-0.15, -0.1) is 5.57 Å². The van der Waals surface area contributed by atoms with Crippen LogP contribution in [0.3, 0.4) is 0 Å². The monoisotopic (exact) mass is 192 g/mol. The summed E-state index contributed by atoms with van der Waals surface area (Å²) in [5.74, 6) is 0.913. The highest BCUT2D eigenvalue weighted by atomic mass is 16.7. The van der Waals surface area contributed by atoms with E-state index in [1.165, 1.54) is 11.6 Å². The minimum atomic E-state index is 0.299. The van der Waals surface area contributed by atoms with Gasteiger partial charge in [0.15, 0.2) is 6.79 Å². The highest BCUT2D eigenvalue weighted by molar-refractivity contribution is 5.44. The molecule has 0 spiro atoms. The first-order chi connectivity index (χ1) is 6.83. The molecule has 0 aromatic heterocycles. The van der Waals surface area contributed by atoms with Gasteiger partial charge in [-0.25, -0.2) is 12.5 Å². The van der Waals surface area contributed by atoms with Crippen LogP contribution in [0.15, 0.2) is 23.5 Å². The second-order valence-corrected chi connectivity index (χ2v) is 3.32. The van der Waals surface area contributed by atoms with Crippen molar-refractivity contribution in [2.45, 2.75) is 6.42 Å². The molecule has 2 aliphatic rings. The summed E-state index contributed by atoms with van der Waals surface area (Å²) in [7, 11) is 1.62. The molecule has 0 amide bonds. The van der Waals surface area contributed by atoms with Crippen molar-refractivity contribution >= 4 is 6.72 Å². The first kappa shape index (κ1) is 9.21. The molecule has 0 aromatic rings. The summed E-state index contributed by atoms with van der Waals surface area (Å²) in [5, 5.41) is 0. The lowest BCUT2D eigenvalue weighted by atomic mass is 10.00. The van der Waals surface area contributed by atoms with Crippen LogP contribution in [0, 0.1) is 12.5 Å². The highest BCUT2D eigenvalue weighted by Crippen LogP contribution is 2.34. The van der Waals surface area contributed by atoms with Crippen LogP contribution in [0.1, 0.15) is 6.42 Å². The van der Waals surface area contributed by atoms with Gasteiger partial charge in [0, 0.05) is 13.2 Å². The van der Waals surface area contributed by atoms with Crippen molar-refractivity contribution in [2.75, 3.05) is 20.4 Å². The van der Waals surface area contributed by atoms with E-state index in [2.05, 4.69) is 12.8 Å². The Bertz CT molecular complexity index is 304. The number of fused-ring (bicyclic) bond motifs is 1. The van der Waals surface area contributed by atoms with Gasteiger partial charge in [-0.1, -0.05) is 5.76 Å². The van der Waals surface area contributed by atoms with Crippen molar-refractivity contribution in [3.63, 3.8) is 0 Å². The summed E-state index contributed by atoms with van der Waals surface area (Å²) in [5.41, 5.74) is 1.24. The van der Waals surface area contributed by atoms with E-state index < -0.39 is 0 Å². The fourth-order valence-corrected chi connectivity index (χ4v) is 1.73. The second-order valence-electron chi connectivity index (χ2n) is 3.32. The van der Waals surface area contributed by atoms with Crippen molar-refractivity contribution < 1.29 is 14.0 Å². The maximum atomic E-state index is 5.47. The number of ether oxygens (including phenoxy) is 2. The first-order valence-corrected chi connectivity index (χ1v) is 4.64. The van der Waals surface area contributed by atoms with Crippen LogP contribution in [0.5, 0.6) is 0 Å². The zero-order valence-corrected chi connectivity index (χ0v) is 8.32. The highest BCUT2D eigenvalue weighted by Gasteiger charge is 2.21. The van der Waals surface area contributed by atoms with Gasteiger partial charge >= 0.3 is 0 Å². The fourth-order valence-electron chi connectivity index (χ4n) is 1.73. The average Bonchev–Trinajstić information content (AvgIpc) is 2.58. The van der Waals surface area contributed by atoms with E-state index in [4.69, 9.17) is 9.47 Å². The van der Waals surface area contributed by atoms with E-state index in [0.717, 1.165) is 18.7 Å². The van der Waals surface area contributed by atoms with Gasteiger partial charge in [-0.2, -0.15) is 6.08 Å². The number of hydrogen-bond acceptors (Lipinski definition) is 2. The normalized spacial score (nSPS) is 19.8. The maximum Gasteiger partial charge on any atom is 0.175 e. The Balaban J connectivity index is 2.14. The van der Waals surface area contributed by atoms with Crippen molar-refractivity contribution in [1.29, 1.82) is 0 Å². The number of nitrogens with zero attached hydrogens (tertiary/aromatic N) is 1. The molecule has 1 fully saturated rings. The van der Waals surface area contributed by atoms with E-state index in [1.54, 1.807) is 7.11 Å². The summed E-state index contributed by atoms with van der Waals surface area (Å²) >= 11 is 0. The minimum absolute atomic E-state index is 0.299. The zero-order chi connectivity index (χ0) is 9.97. The molecule has 3 heteroatoms. The summed E-state index contributed by atoms with van der Waals surface area (Å²) < 4.78 is 12.3. The van der Waals surface area contributed by atoms with Crippen LogP contribution < -0.4 is 0 Å². The Morgan fingerprint density at radius 1 is 1.71 bits per heavy atom. The number of allylic oxidation sites excluding steroid dienone is 1. The largest absolute Gasteiger partial charge is 0.538 e. The van der Waals surface area contributed by atoms with Crippen molar-refractivity contribution in [3.05, 3.63) is 35.9 Å². The van der Waals surface area contributed by atoms with E-state index in [9.17, 15) is 0 Å². The van der Waals surface area contributed by atoms with Crippen LogP contribution in [0.2, 0.25) is 0 Å². The van der Waals surface area contributed by atoms with E-state index in [0.29, 0.717) is 6.79 Å². The summed E-state index contributed by atoms with van der Waals surface area (Å²) in [6.07, 6.45) is 7.01. The number of rotatable bonds is 3. The standard InChI is InChI=1S/C11H14NO2/c1-12-7-6-9-10(12)4-3-5-11(9)14-8-13-2/h3-5H,1,6-8H2,2H3/q-1. The molecule has 0 unspecified atom stereocenters. The van der Waals surface area contributed by atoms with Gasteiger partial charge in [-0.05, 0) is 6.42 Å². The van der Waals surface area contributed by atoms with E-state index in [1.807, 2.05) is 17.1 Å². The molecule has 1 aliphatic carbocycles. The molecular formula is C11H14NO2-. The summed E-state index contributed by atoms with van der Waals surface area (Å²) in [4.78, 5) is 0. The SMILES string of the molecule is C=[N+]1CCC2=C(OCOC)[CH-]C=C[C-]21. The third-order valence-electron chi connectivity index (χ3n) is 2.41. The smallest absolute Gasteiger partial charge is 0.175 e. The van der Waals surface area contributed by atoms with Crippen LogP contribution in [0.25, 0.3) is 0 Å². The van der Waals surface area contributed by atoms with Gasteiger partial charge in [0.1, 0.15) is 6.54 Å². The molecule has 0 N–H and O–H groups in total. The lowest BCUT2D eigenvalue weighted by Crippen LogP contribution is -2.12. The van der Waals surface area contributed by atoms with Gasteiger partial charge in [0.05, 0.1) is 6.72 Å². The number of hydrogen-bond donors (Lipinski definition) is 0. The molecule has 3 nitrogen and oxygen atoms in total. The molecule has 0 atom stereocenters. The van der Waals surface area contributed by atoms with Gasteiger partial charge in [0.2, 0.25) is 0 Å². The second kappa shape index (κ2) is 3.80. The van der Waals surface area contributed by atoms with Gasteiger partial charge in [0.25, 0.3) is 0 Å². The third-order valence-corrected chi connectivity index (χ3v) is 2.41. The first-order valence-electron chi connectivity index (χ1n) is 4.64. The van der Waals surface area contributed by atoms with Crippen molar-refractivity contribution in [2.24, 2.45) is 0 Å². The molecule has 0 radical (unpaired) electrons. The average molecular weight is 192 g/mol. The Hall–Kier alpha value is -1.35. The Morgan fingerprint density at radius 2 is 2.57 bits per heavy atom.